The highest BCUT2D eigenvalue weighted by Gasteiger charge is 2.22. The number of halogens is 1. The molecule has 2 rings (SSSR count). The van der Waals surface area contributed by atoms with E-state index in [1.807, 2.05) is 0 Å². The van der Waals surface area contributed by atoms with E-state index in [1.165, 1.54) is 12.3 Å². The van der Waals surface area contributed by atoms with E-state index in [1.54, 1.807) is 6.92 Å². The fourth-order valence-electron chi connectivity index (χ4n) is 1.81. The Morgan fingerprint density at radius 2 is 2.33 bits per heavy atom. The summed E-state index contributed by atoms with van der Waals surface area (Å²) in [4.78, 5) is 19.9. The number of nitrogens with zero attached hydrogens (tertiary/aromatic N) is 2. The van der Waals surface area contributed by atoms with Gasteiger partial charge in [-0.15, -0.1) is 0 Å². The number of esters is 1. The zero-order chi connectivity index (χ0) is 20.4. The van der Waals surface area contributed by atoms with Gasteiger partial charge in [0.15, 0.2) is 0 Å². The Bertz CT molecular complexity index is 854. The van der Waals surface area contributed by atoms with Crippen LogP contribution in [0, 0.1) is 6.85 Å². The van der Waals surface area contributed by atoms with Gasteiger partial charge < -0.3 is 9.47 Å². The lowest BCUT2D eigenvalue weighted by Crippen LogP contribution is -2.09. The smallest absolute Gasteiger partial charge is 0.341 e. The van der Waals surface area contributed by atoms with Crippen LogP contribution in [-0.2, 0) is 4.74 Å². The van der Waals surface area contributed by atoms with Crippen LogP contribution >= 0.6 is 11.6 Å². The fourth-order valence-corrected chi connectivity index (χ4v) is 2.08. The number of rotatable bonds is 4. The van der Waals surface area contributed by atoms with Crippen LogP contribution in [0.4, 0.5) is 0 Å². The van der Waals surface area contributed by atoms with Crippen LogP contribution in [0.15, 0.2) is 24.5 Å². The molecule has 0 aliphatic rings. The van der Waals surface area contributed by atoms with Crippen molar-refractivity contribution >= 4 is 17.6 Å². The molecule has 0 unspecified atom stereocenters. The van der Waals surface area contributed by atoms with Gasteiger partial charge in [0.2, 0.25) is 0 Å². The van der Waals surface area contributed by atoms with E-state index in [-0.39, 0.29) is 39.9 Å². The first-order chi connectivity index (χ1) is 12.4. The summed E-state index contributed by atoms with van der Waals surface area (Å²) in [5.41, 5.74) is -0.444. The Morgan fingerprint density at radius 1 is 1.48 bits per heavy atom. The van der Waals surface area contributed by atoms with Gasteiger partial charge in [0.1, 0.15) is 16.5 Å². The van der Waals surface area contributed by atoms with Crippen LogP contribution in [0.3, 0.4) is 0 Å². The van der Waals surface area contributed by atoms with Crippen LogP contribution in [0.2, 0.25) is 5.15 Å². The Balaban J connectivity index is 2.78. The van der Waals surface area contributed by atoms with Crippen molar-refractivity contribution in [2.24, 2.45) is 0 Å². The largest absolute Gasteiger partial charge is 0.494 e. The molecule has 0 saturated carbocycles. The van der Waals surface area contributed by atoms with Crippen molar-refractivity contribution in [3.63, 3.8) is 0 Å². The van der Waals surface area contributed by atoms with Crippen molar-refractivity contribution < 1.29 is 22.5 Å². The summed E-state index contributed by atoms with van der Waals surface area (Å²) in [5, 5.41) is -0.381. The minimum Gasteiger partial charge on any atom is -0.494 e. The first-order valence-corrected chi connectivity index (χ1v) is 6.33. The van der Waals surface area contributed by atoms with Crippen molar-refractivity contribution in [3.8, 4) is 16.9 Å². The summed E-state index contributed by atoms with van der Waals surface area (Å²) in [5.74, 6) is -1.01. The van der Waals surface area contributed by atoms with Crippen molar-refractivity contribution in [2.45, 2.75) is 13.8 Å². The second-order valence-electron chi connectivity index (χ2n) is 3.92. The predicted molar refractivity (Wildman–Crippen MR) is 79.7 cm³/mol. The van der Waals surface area contributed by atoms with Gasteiger partial charge in [-0.2, -0.15) is 0 Å². The van der Waals surface area contributed by atoms with Crippen molar-refractivity contribution in [3.05, 3.63) is 40.9 Å². The second kappa shape index (κ2) is 6.54. The molecule has 0 aliphatic carbocycles. The van der Waals surface area contributed by atoms with Crippen molar-refractivity contribution in [1.29, 1.82) is 0 Å². The van der Waals surface area contributed by atoms with Crippen LogP contribution in [0.25, 0.3) is 11.1 Å². The maximum absolute atomic E-state index is 12.4. The average molecular weight is 313 g/mol. The Morgan fingerprint density at radius 3 is 3.05 bits per heavy atom. The molecule has 0 aliphatic heterocycles. The number of carbonyl (C=O) groups is 1. The fraction of sp³-hybridized carbons (Fsp3) is 0.267. The lowest BCUT2D eigenvalue weighted by atomic mass is 10.0. The molecule has 0 amide bonds. The monoisotopic (exact) mass is 312 g/mol. The number of pyridine rings is 2. The summed E-state index contributed by atoms with van der Waals surface area (Å²) in [6, 6.07) is 2.51. The van der Waals surface area contributed by atoms with Gasteiger partial charge in [-0.05, 0) is 25.9 Å². The number of ether oxygens (including phenoxy) is 2. The topological polar surface area (TPSA) is 61.3 Å². The SMILES string of the molecule is [2H]C([2H])([2H])Oc1cnccc1-c1cc(C([2H])([2H])[2H])nc(Cl)c1C(=O)OCC. The number of hydrogen-bond acceptors (Lipinski definition) is 5. The molecule has 110 valence electrons. The molecule has 0 spiro atoms. The van der Waals surface area contributed by atoms with E-state index in [0.29, 0.717) is 0 Å². The maximum atomic E-state index is 12.4. The quantitative estimate of drug-likeness (QED) is 0.640. The highest BCUT2D eigenvalue weighted by Crippen LogP contribution is 2.34. The first-order valence-electron chi connectivity index (χ1n) is 8.95. The standard InChI is InChI=1S/C15H15ClN2O3/c1-4-21-15(19)13-11(7-9(2)18-14(13)16)10-5-6-17-8-12(10)20-3/h5-8H,4H2,1-3H3/i2D3,3D3. The van der Waals surface area contributed by atoms with E-state index < -0.39 is 19.9 Å². The van der Waals surface area contributed by atoms with Gasteiger partial charge in [-0.1, -0.05) is 11.6 Å². The molecule has 6 heteroatoms. The molecule has 0 N–H and O–H groups in total. The van der Waals surface area contributed by atoms with Crippen molar-refractivity contribution in [2.75, 3.05) is 13.6 Å². The molecule has 0 aromatic carbocycles. The lowest BCUT2D eigenvalue weighted by molar-refractivity contribution is 0.0527. The molecule has 0 fully saturated rings. The van der Waals surface area contributed by atoms with E-state index in [0.717, 1.165) is 12.3 Å². The molecular formula is C15H15ClN2O3. The number of methoxy groups -OCH3 is 1. The van der Waals surface area contributed by atoms with E-state index >= 15 is 0 Å². The van der Waals surface area contributed by atoms with Crippen LogP contribution in [-0.4, -0.2) is 29.6 Å². The minimum atomic E-state index is -2.79. The molecule has 0 bridgehead atoms. The molecule has 0 saturated heterocycles. The Hall–Kier alpha value is -2.14. The normalized spacial score (nSPS) is 15.7. The number of aryl methyl sites for hydroxylation is 1. The van der Waals surface area contributed by atoms with Gasteiger partial charge in [0.25, 0.3) is 0 Å². The van der Waals surface area contributed by atoms with Gasteiger partial charge in [0.05, 0.1) is 24.0 Å². The number of aromatic nitrogens is 2. The minimum absolute atomic E-state index is 0.0150. The first kappa shape index (κ1) is 9.00. The molecule has 2 aromatic heterocycles. The summed E-state index contributed by atoms with van der Waals surface area (Å²) in [6.07, 6.45) is 2.47. The Labute approximate surface area is 136 Å². The molecular weight excluding hydrogens is 292 g/mol. The van der Waals surface area contributed by atoms with Crippen LogP contribution in [0.5, 0.6) is 5.75 Å². The maximum Gasteiger partial charge on any atom is 0.341 e. The van der Waals surface area contributed by atoms with Gasteiger partial charge in [-0.25, -0.2) is 9.78 Å². The lowest BCUT2D eigenvalue weighted by Gasteiger charge is -2.13. The summed E-state index contributed by atoms with van der Waals surface area (Å²) in [6.45, 7) is -0.973. The molecule has 0 radical (unpaired) electrons. The van der Waals surface area contributed by atoms with Gasteiger partial charge >= 0.3 is 5.97 Å². The third-order valence-corrected chi connectivity index (χ3v) is 2.91. The number of carbonyl (C=O) groups excluding carboxylic acids is 1. The van der Waals surface area contributed by atoms with Gasteiger partial charge in [-0.3, -0.25) is 4.98 Å². The highest BCUT2D eigenvalue weighted by atomic mass is 35.5. The zero-order valence-corrected chi connectivity index (χ0v) is 11.8. The second-order valence-corrected chi connectivity index (χ2v) is 4.27. The number of hydrogen-bond donors (Lipinski definition) is 0. The molecule has 5 nitrogen and oxygen atoms in total. The summed E-state index contributed by atoms with van der Waals surface area (Å²) < 4.78 is 54.4. The molecule has 21 heavy (non-hydrogen) atoms. The summed E-state index contributed by atoms with van der Waals surface area (Å²) >= 11 is 6.08. The van der Waals surface area contributed by atoms with Crippen molar-refractivity contribution in [1.82, 2.24) is 9.97 Å². The molecule has 2 heterocycles. The predicted octanol–water partition coefficient (Wildman–Crippen LogP) is 3.29. The Kier molecular flexibility index (Phi) is 2.80. The third-order valence-electron chi connectivity index (χ3n) is 2.64. The average Bonchev–Trinajstić information content (AvgIpc) is 2.52. The van der Waals surface area contributed by atoms with E-state index in [4.69, 9.17) is 29.3 Å². The highest BCUT2D eigenvalue weighted by molar-refractivity contribution is 6.33. The van der Waals surface area contributed by atoms with Gasteiger partial charge in [0, 0.05) is 27.1 Å². The zero-order valence-electron chi connectivity index (χ0n) is 17.0. The van der Waals surface area contributed by atoms with Crippen LogP contribution < -0.4 is 4.74 Å². The van der Waals surface area contributed by atoms with Crippen LogP contribution in [0.1, 0.15) is 31.2 Å². The van der Waals surface area contributed by atoms with E-state index in [2.05, 4.69) is 9.97 Å². The third kappa shape index (κ3) is 3.13. The molecule has 0 atom stereocenters. The van der Waals surface area contributed by atoms with E-state index in [9.17, 15) is 4.79 Å². The molecule has 2 aromatic rings. The summed E-state index contributed by atoms with van der Waals surface area (Å²) in [7, 11) is -2.79.